The van der Waals surface area contributed by atoms with Crippen molar-refractivity contribution in [2.75, 3.05) is 10.6 Å². The average molecular weight is 473 g/mol. The number of halogens is 1. The zero-order valence-electron chi connectivity index (χ0n) is 18.0. The highest BCUT2D eigenvalue weighted by Crippen LogP contribution is 2.35. The minimum atomic E-state index is -3.69. The van der Waals surface area contributed by atoms with E-state index < -0.39 is 21.1 Å². The first-order valence-electron chi connectivity index (χ1n) is 10.1. The monoisotopic (exact) mass is 472 g/mol. The summed E-state index contributed by atoms with van der Waals surface area (Å²) in [5, 5.41) is 15.2. The summed E-state index contributed by atoms with van der Waals surface area (Å²) in [4.78, 5) is 12.6. The van der Waals surface area contributed by atoms with Crippen molar-refractivity contribution in [3.63, 3.8) is 0 Å². The molecule has 6 nitrogen and oxygen atoms in total. The van der Waals surface area contributed by atoms with E-state index in [2.05, 4.69) is 10.6 Å². The summed E-state index contributed by atoms with van der Waals surface area (Å²) in [7, 11) is -3.69. The number of carbonyl (C=O) groups excluding carboxylic acids is 1. The number of carbonyl (C=O) groups is 1. The predicted octanol–water partition coefficient (Wildman–Crippen LogP) is 5.54. The van der Waals surface area contributed by atoms with E-state index in [0.29, 0.717) is 5.56 Å². The van der Waals surface area contributed by atoms with Crippen LogP contribution in [0.1, 0.15) is 34.8 Å². The van der Waals surface area contributed by atoms with Crippen LogP contribution < -0.4 is 10.6 Å². The molecule has 0 saturated heterocycles. The maximum absolute atomic E-state index is 13.0. The smallest absolute Gasteiger partial charge is 0.255 e. The van der Waals surface area contributed by atoms with E-state index in [1.807, 2.05) is 26.0 Å². The highest BCUT2D eigenvalue weighted by atomic mass is 35.5. The van der Waals surface area contributed by atoms with Crippen molar-refractivity contribution in [1.82, 2.24) is 0 Å². The van der Waals surface area contributed by atoms with Crippen molar-refractivity contribution >= 4 is 38.7 Å². The molecule has 3 rings (SSSR count). The van der Waals surface area contributed by atoms with Crippen LogP contribution in [0.15, 0.2) is 65.6 Å². The van der Waals surface area contributed by atoms with Gasteiger partial charge in [0.2, 0.25) is 0 Å². The van der Waals surface area contributed by atoms with Gasteiger partial charge in [-0.3, -0.25) is 4.79 Å². The van der Waals surface area contributed by atoms with Gasteiger partial charge in [-0.2, -0.15) is 0 Å². The van der Waals surface area contributed by atoms with Gasteiger partial charge in [-0.25, -0.2) is 8.42 Å². The minimum Gasteiger partial charge on any atom is -0.506 e. The Morgan fingerprint density at radius 3 is 2.09 bits per heavy atom. The van der Waals surface area contributed by atoms with E-state index in [-0.39, 0.29) is 33.5 Å². The van der Waals surface area contributed by atoms with Gasteiger partial charge in [-0.15, -0.1) is 0 Å². The maximum atomic E-state index is 13.0. The first-order valence-corrected chi connectivity index (χ1v) is 12.0. The molecule has 0 radical (unpaired) electrons. The number of nitrogens with one attached hydrogen (secondary N) is 2. The van der Waals surface area contributed by atoms with Gasteiger partial charge in [0.15, 0.2) is 9.84 Å². The van der Waals surface area contributed by atoms with Crippen molar-refractivity contribution in [2.45, 2.75) is 37.5 Å². The van der Waals surface area contributed by atoms with Crippen LogP contribution in [0.4, 0.5) is 11.4 Å². The number of benzene rings is 3. The second kappa shape index (κ2) is 9.63. The Balaban J connectivity index is 1.82. The number of amides is 1. The summed E-state index contributed by atoms with van der Waals surface area (Å²) < 4.78 is 26.1. The van der Waals surface area contributed by atoms with Crippen molar-refractivity contribution in [3.05, 3.63) is 82.4 Å². The second-order valence-electron chi connectivity index (χ2n) is 7.57. The van der Waals surface area contributed by atoms with Crippen LogP contribution in [-0.4, -0.2) is 24.8 Å². The molecule has 0 aromatic heterocycles. The fourth-order valence-corrected chi connectivity index (χ4v) is 4.92. The molecule has 0 heterocycles. The summed E-state index contributed by atoms with van der Waals surface area (Å²) in [5.41, 5.74) is 2.79. The van der Waals surface area contributed by atoms with Gasteiger partial charge in [0.1, 0.15) is 11.1 Å². The first kappa shape index (κ1) is 23.6. The summed E-state index contributed by atoms with van der Waals surface area (Å²) in [6.45, 7) is 5.54. The van der Waals surface area contributed by atoms with Gasteiger partial charge in [0, 0.05) is 11.6 Å². The van der Waals surface area contributed by atoms with E-state index in [0.717, 1.165) is 11.1 Å². The van der Waals surface area contributed by atoms with Crippen LogP contribution in [-0.2, 0) is 9.84 Å². The SMILES string of the molecule is CCC(Nc1cc(O)c(NC(=O)c2ccc(C)cc2)cc1Cl)S(=O)(=O)c1ccc(C)cc1. The highest BCUT2D eigenvalue weighted by Gasteiger charge is 2.27. The molecule has 0 aliphatic heterocycles. The number of phenolic OH excluding ortho intramolecular Hbond substituents is 1. The summed E-state index contributed by atoms with van der Waals surface area (Å²) in [5.74, 6) is -0.634. The quantitative estimate of drug-likeness (QED) is 0.392. The number of rotatable bonds is 7. The van der Waals surface area contributed by atoms with Gasteiger partial charge >= 0.3 is 0 Å². The lowest BCUT2D eigenvalue weighted by Gasteiger charge is -2.21. The molecule has 1 atom stereocenters. The van der Waals surface area contributed by atoms with Gasteiger partial charge in [-0.05, 0) is 50.6 Å². The predicted molar refractivity (Wildman–Crippen MR) is 128 cm³/mol. The first-order chi connectivity index (χ1) is 15.1. The molecule has 0 aliphatic rings. The molecule has 0 bridgehead atoms. The van der Waals surface area contributed by atoms with Crippen LogP contribution in [0.5, 0.6) is 5.75 Å². The number of hydrogen-bond donors (Lipinski definition) is 3. The van der Waals surface area contributed by atoms with E-state index in [1.54, 1.807) is 43.3 Å². The standard InChI is InChI=1S/C24H25ClN2O4S/c1-4-23(32(30,31)18-11-7-16(3)8-12-18)26-20-14-22(28)21(13-19(20)25)27-24(29)17-9-5-15(2)6-10-17/h5-14,23,26,28H,4H2,1-3H3,(H,27,29). The molecule has 3 aromatic rings. The number of aromatic hydroxyl groups is 1. The van der Waals surface area contributed by atoms with Crippen molar-refractivity contribution < 1.29 is 18.3 Å². The van der Waals surface area contributed by atoms with Crippen LogP contribution in [0.3, 0.4) is 0 Å². The fourth-order valence-electron chi connectivity index (χ4n) is 3.14. The summed E-state index contributed by atoms with van der Waals surface area (Å²) in [6.07, 6.45) is 0.277. The van der Waals surface area contributed by atoms with Crippen LogP contribution in [0, 0.1) is 13.8 Å². The molecule has 0 saturated carbocycles. The second-order valence-corrected chi connectivity index (χ2v) is 10.1. The molecule has 0 spiro atoms. The number of phenols is 1. The fraction of sp³-hybridized carbons (Fsp3) is 0.208. The Morgan fingerprint density at radius 2 is 1.53 bits per heavy atom. The maximum Gasteiger partial charge on any atom is 0.255 e. The Morgan fingerprint density at radius 1 is 0.969 bits per heavy atom. The topological polar surface area (TPSA) is 95.5 Å². The normalized spacial score (nSPS) is 12.2. The van der Waals surface area contributed by atoms with Crippen LogP contribution in [0.25, 0.3) is 0 Å². The molecule has 168 valence electrons. The van der Waals surface area contributed by atoms with E-state index in [4.69, 9.17) is 11.6 Å². The van der Waals surface area contributed by atoms with E-state index >= 15 is 0 Å². The molecular formula is C24H25ClN2O4S. The summed E-state index contributed by atoms with van der Waals surface area (Å²) in [6, 6.07) is 16.3. The molecule has 0 aliphatic carbocycles. The third-order valence-electron chi connectivity index (χ3n) is 5.06. The highest BCUT2D eigenvalue weighted by molar-refractivity contribution is 7.92. The van der Waals surface area contributed by atoms with Gasteiger partial charge < -0.3 is 15.7 Å². The van der Waals surface area contributed by atoms with Crippen molar-refractivity contribution in [1.29, 1.82) is 0 Å². The van der Waals surface area contributed by atoms with Crippen LogP contribution >= 0.6 is 11.6 Å². The van der Waals surface area contributed by atoms with E-state index in [9.17, 15) is 18.3 Å². The Kier molecular flexibility index (Phi) is 7.11. The molecule has 8 heteroatoms. The zero-order valence-corrected chi connectivity index (χ0v) is 19.6. The lowest BCUT2D eigenvalue weighted by atomic mass is 10.1. The molecule has 1 unspecified atom stereocenters. The zero-order chi connectivity index (χ0) is 23.5. The van der Waals surface area contributed by atoms with Crippen molar-refractivity contribution in [2.24, 2.45) is 0 Å². The Hall–Kier alpha value is -3.03. The number of aryl methyl sites for hydroxylation is 2. The third-order valence-corrected chi connectivity index (χ3v) is 7.50. The van der Waals surface area contributed by atoms with Gasteiger partial charge in [-0.1, -0.05) is 53.9 Å². The third kappa shape index (κ3) is 5.23. The van der Waals surface area contributed by atoms with Gasteiger partial charge in [0.25, 0.3) is 5.91 Å². The molecule has 0 fully saturated rings. The average Bonchev–Trinajstić information content (AvgIpc) is 2.75. The minimum absolute atomic E-state index is 0.126. The number of anilines is 2. The molecule has 32 heavy (non-hydrogen) atoms. The van der Waals surface area contributed by atoms with E-state index in [1.165, 1.54) is 12.1 Å². The van der Waals surface area contributed by atoms with Gasteiger partial charge in [0.05, 0.1) is 21.3 Å². The Labute approximate surface area is 193 Å². The molecule has 3 aromatic carbocycles. The van der Waals surface area contributed by atoms with Crippen molar-refractivity contribution in [3.8, 4) is 5.75 Å². The molecule has 1 amide bonds. The Bertz CT molecular complexity index is 1220. The number of sulfone groups is 1. The molecular weight excluding hydrogens is 448 g/mol. The molecule has 3 N–H and O–H groups in total. The largest absolute Gasteiger partial charge is 0.506 e. The lowest BCUT2D eigenvalue weighted by Crippen LogP contribution is -2.29. The van der Waals surface area contributed by atoms with Crippen LogP contribution in [0.2, 0.25) is 5.02 Å². The lowest BCUT2D eigenvalue weighted by molar-refractivity contribution is 0.102. The summed E-state index contributed by atoms with van der Waals surface area (Å²) >= 11 is 6.35. The number of hydrogen-bond acceptors (Lipinski definition) is 5.